The molecule has 0 saturated heterocycles. The Bertz CT molecular complexity index is 296. The van der Waals surface area contributed by atoms with Crippen LogP contribution in [0.1, 0.15) is 39.0 Å². The molecule has 0 amide bonds. The molecule has 0 bridgehead atoms. The second-order valence-corrected chi connectivity index (χ2v) is 4.34. The Kier molecular flexibility index (Phi) is 7.72. The summed E-state index contributed by atoms with van der Waals surface area (Å²) in [6.45, 7) is 1.85. The highest BCUT2D eigenvalue weighted by molar-refractivity contribution is 8.13. The standard InChI is InChI=1S/C11H16O4S/c1-3-4-8(12)5-9(13)6-10(14)7-11(15)16-2/h3-7H2,1-2H3. The van der Waals surface area contributed by atoms with Crippen LogP contribution >= 0.6 is 11.8 Å². The summed E-state index contributed by atoms with van der Waals surface area (Å²) in [5.41, 5.74) is 0. The summed E-state index contributed by atoms with van der Waals surface area (Å²) in [6.07, 6.45) is 1.93. The molecule has 0 aliphatic carbocycles. The molecule has 5 heteroatoms. The number of rotatable bonds is 8. The lowest BCUT2D eigenvalue weighted by Gasteiger charge is -1.99. The zero-order valence-electron chi connectivity index (χ0n) is 9.58. The highest BCUT2D eigenvalue weighted by Gasteiger charge is 2.15. The molecule has 0 aliphatic heterocycles. The average Bonchev–Trinajstić information content (AvgIpc) is 2.16. The van der Waals surface area contributed by atoms with Gasteiger partial charge >= 0.3 is 0 Å². The first-order valence-electron chi connectivity index (χ1n) is 5.11. The van der Waals surface area contributed by atoms with Gasteiger partial charge in [-0.1, -0.05) is 18.7 Å². The largest absolute Gasteiger partial charge is 0.299 e. The minimum Gasteiger partial charge on any atom is -0.299 e. The fourth-order valence-corrected chi connectivity index (χ4v) is 1.47. The molecule has 0 fully saturated rings. The third-order valence-corrected chi connectivity index (χ3v) is 2.49. The maximum absolute atomic E-state index is 11.2. The molecule has 0 aromatic rings. The quantitative estimate of drug-likeness (QED) is 0.606. The van der Waals surface area contributed by atoms with E-state index in [0.717, 1.165) is 11.8 Å². The Morgan fingerprint density at radius 1 is 0.875 bits per heavy atom. The molecule has 0 atom stereocenters. The van der Waals surface area contributed by atoms with Crippen LogP contribution in [-0.2, 0) is 19.2 Å². The van der Waals surface area contributed by atoms with E-state index in [1.54, 1.807) is 6.26 Å². The van der Waals surface area contributed by atoms with Crippen LogP contribution in [0.25, 0.3) is 0 Å². The molecule has 0 aliphatic rings. The predicted molar refractivity (Wildman–Crippen MR) is 62.3 cm³/mol. The van der Waals surface area contributed by atoms with Crippen LogP contribution in [0.4, 0.5) is 0 Å². The summed E-state index contributed by atoms with van der Waals surface area (Å²) >= 11 is 0.964. The number of ketones is 3. The summed E-state index contributed by atoms with van der Waals surface area (Å²) in [5.74, 6) is -0.942. The van der Waals surface area contributed by atoms with Crippen LogP contribution in [-0.4, -0.2) is 28.7 Å². The van der Waals surface area contributed by atoms with Gasteiger partial charge in [0.2, 0.25) is 0 Å². The van der Waals surface area contributed by atoms with Gasteiger partial charge in [0, 0.05) is 6.42 Å². The van der Waals surface area contributed by atoms with Crippen molar-refractivity contribution in [3.05, 3.63) is 0 Å². The molecular weight excluding hydrogens is 228 g/mol. The van der Waals surface area contributed by atoms with Gasteiger partial charge in [-0.15, -0.1) is 0 Å². The summed E-state index contributed by atoms with van der Waals surface area (Å²) in [4.78, 5) is 44.4. The zero-order chi connectivity index (χ0) is 12.6. The van der Waals surface area contributed by atoms with Crippen molar-refractivity contribution in [2.24, 2.45) is 0 Å². The van der Waals surface area contributed by atoms with E-state index in [1.807, 2.05) is 6.92 Å². The van der Waals surface area contributed by atoms with Crippen molar-refractivity contribution in [1.82, 2.24) is 0 Å². The van der Waals surface area contributed by atoms with E-state index in [9.17, 15) is 19.2 Å². The van der Waals surface area contributed by atoms with Gasteiger partial charge in [-0.25, -0.2) is 0 Å². The number of carbonyl (C=O) groups is 4. The topological polar surface area (TPSA) is 68.3 Å². The lowest BCUT2D eigenvalue weighted by Crippen LogP contribution is -2.14. The van der Waals surface area contributed by atoms with Gasteiger partial charge in [0.25, 0.3) is 0 Å². The maximum Gasteiger partial charge on any atom is 0.196 e. The molecule has 0 unspecified atom stereocenters. The lowest BCUT2D eigenvalue weighted by molar-refractivity contribution is -0.130. The number of hydrogen-bond donors (Lipinski definition) is 0. The first kappa shape index (κ1) is 15.0. The van der Waals surface area contributed by atoms with Crippen molar-refractivity contribution in [1.29, 1.82) is 0 Å². The van der Waals surface area contributed by atoms with Gasteiger partial charge in [-0.05, 0) is 12.7 Å². The highest BCUT2D eigenvalue weighted by Crippen LogP contribution is 2.04. The fraction of sp³-hybridized carbons (Fsp3) is 0.636. The number of Topliss-reactive ketones (excluding diaryl/α,β-unsaturated/α-hetero) is 3. The molecule has 0 radical (unpaired) electrons. The Balaban J connectivity index is 3.91. The van der Waals surface area contributed by atoms with Crippen molar-refractivity contribution in [3.8, 4) is 0 Å². The van der Waals surface area contributed by atoms with E-state index in [4.69, 9.17) is 0 Å². The van der Waals surface area contributed by atoms with Crippen LogP contribution in [0, 0.1) is 0 Å². The van der Waals surface area contributed by atoms with Gasteiger partial charge in [0.15, 0.2) is 5.12 Å². The molecule has 0 rings (SSSR count). The molecule has 0 N–H and O–H groups in total. The van der Waals surface area contributed by atoms with Crippen molar-refractivity contribution in [2.45, 2.75) is 39.0 Å². The molecule has 0 aromatic carbocycles. The zero-order valence-corrected chi connectivity index (χ0v) is 10.4. The third-order valence-electron chi connectivity index (χ3n) is 1.89. The average molecular weight is 244 g/mol. The fourth-order valence-electron chi connectivity index (χ4n) is 1.17. The van der Waals surface area contributed by atoms with Crippen molar-refractivity contribution in [3.63, 3.8) is 0 Å². The second kappa shape index (κ2) is 8.21. The predicted octanol–water partition coefficient (Wildman–Crippen LogP) is 1.55. The van der Waals surface area contributed by atoms with Crippen LogP contribution in [0.15, 0.2) is 0 Å². The van der Waals surface area contributed by atoms with E-state index in [1.165, 1.54) is 0 Å². The molecule has 0 saturated carbocycles. The van der Waals surface area contributed by atoms with Gasteiger partial charge in [-0.2, -0.15) is 0 Å². The minimum atomic E-state index is -0.409. The summed E-state index contributed by atoms with van der Waals surface area (Å²) in [6, 6.07) is 0. The van der Waals surface area contributed by atoms with E-state index < -0.39 is 11.6 Å². The Morgan fingerprint density at radius 3 is 1.88 bits per heavy atom. The summed E-state index contributed by atoms with van der Waals surface area (Å²) in [5, 5.41) is -0.252. The van der Waals surface area contributed by atoms with Crippen LogP contribution in [0.5, 0.6) is 0 Å². The van der Waals surface area contributed by atoms with Crippen LogP contribution in [0.3, 0.4) is 0 Å². The first-order chi connectivity index (χ1) is 7.49. The van der Waals surface area contributed by atoms with Gasteiger partial charge in [-0.3, -0.25) is 19.2 Å². The molecule has 0 spiro atoms. The molecule has 0 aromatic heterocycles. The highest BCUT2D eigenvalue weighted by atomic mass is 32.2. The van der Waals surface area contributed by atoms with Crippen LogP contribution < -0.4 is 0 Å². The summed E-state index contributed by atoms with van der Waals surface area (Å²) < 4.78 is 0. The van der Waals surface area contributed by atoms with E-state index in [2.05, 4.69) is 0 Å². The van der Waals surface area contributed by atoms with Crippen molar-refractivity contribution < 1.29 is 19.2 Å². The first-order valence-corrected chi connectivity index (χ1v) is 6.34. The Hall–Kier alpha value is -0.970. The SMILES string of the molecule is CCCC(=O)CC(=O)CC(=O)CC(=O)SC. The normalized spacial score (nSPS) is 9.88. The number of carbonyl (C=O) groups excluding carboxylic acids is 4. The second-order valence-electron chi connectivity index (χ2n) is 3.47. The molecule has 0 heterocycles. The summed E-state index contributed by atoms with van der Waals surface area (Å²) in [7, 11) is 0. The molecular formula is C11H16O4S. The van der Waals surface area contributed by atoms with Gasteiger partial charge in [0.05, 0.1) is 19.3 Å². The Labute approximate surface area is 99.2 Å². The lowest BCUT2D eigenvalue weighted by atomic mass is 10.1. The van der Waals surface area contributed by atoms with E-state index >= 15 is 0 Å². The Morgan fingerprint density at radius 2 is 1.38 bits per heavy atom. The third kappa shape index (κ3) is 7.34. The number of thioether (sulfide) groups is 1. The molecule has 4 nitrogen and oxygen atoms in total. The van der Waals surface area contributed by atoms with Gasteiger partial charge < -0.3 is 0 Å². The van der Waals surface area contributed by atoms with Gasteiger partial charge in [0.1, 0.15) is 17.3 Å². The monoisotopic (exact) mass is 244 g/mol. The maximum atomic E-state index is 11.2. The number of hydrogen-bond acceptors (Lipinski definition) is 5. The van der Waals surface area contributed by atoms with Crippen molar-refractivity contribution in [2.75, 3.05) is 6.26 Å². The van der Waals surface area contributed by atoms with E-state index in [-0.39, 0.29) is 30.2 Å². The van der Waals surface area contributed by atoms with Crippen LogP contribution in [0.2, 0.25) is 0 Å². The van der Waals surface area contributed by atoms with E-state index in [0.29, 0.717) is 12.8 Å². The van der Waals surface area contributed by atoms with Crippen molar-refractivity contribution >= 4 is 34.2 Å². The smallest absolute Gasteiger partial charge is 0.196 e. The molecule has 16 heavy (non-hydrogen) atoms. The molecule has 90 valence electrons. The minimum absolute atomic E-state index is 0.142.